The van der Waals surface area contributed by atoms with Crippen molar-refractivity contribution in [1.82, 2.24) is 10.6 Å². The summed E-state index contributed by atoms with van der Waals surface area (Å²) in [6.45, 7) is 5.17. The lowest BCUT2D eigenvalue weighted by atomic mass is 9.84. The van der Waals surface area contributed by atoms with Crippen molar-refractivity contribution in [2.75, 3.05) is 6.61 Å². The molecule has 2 aliphatic rings. The molecule has 0 radical (unpaired) electrons. The molecule has 2 rings (SSSR count). The predicted octanol–water partition coefficient (Wildman–Crippen LogP) is 5.56. The fourth-order valence-corrected chi connectivity index (χ4v) is 11.0. The number of nitrogens with one attached hydrogen (secondary N) is 2. The highest BCUT2D eigenvalue weighted by Gasteiger charge is 2.66. The SMILES string of the molecule is CCCCCCCCCCCC(=O)OC(CCCCCCCCCCC)CC(=O)N[C@H]1[C@@H](O)[C@@](O)(P(=O)(O)O)[C@@H](CO)O[C@H]1C(O)[C@H]1O[C@H](O)[C@@H](NC(=O)CC(O)CCCCCCCCCCC)[C@@H](O)[C@@H]1O. The monoisotopic (exact) mass is 1050 g/mol. The van der Waals surface area contributed by atoms with E-state index in [0.29, 0.717) is 25.7 Å². The van der Waals surface area contributed by atoms with Gasteiger partial charge in [-0.25, -0.2) is 0 Å². The molecule has 19 nitrogen and oxygen atoms in total. The number of unbranched alkanes of at least 4 members (excludes halogenated alkanes) is 24. The number of rotatable bonds is 41. The molecule has 3 unspecified atom stereocenters. The molecule has 72 heavy (non-hydrogen) atoms. The van der Waals surface area contributed by atoms with E-state index >= 15 is 0 Å². The second-order valence-electron chi connectivity index (χ2n) is 20.7. The Morgan fingerprint density at radius 2 is 1.01 bits per heavy atom. The number of carbonyl (C=O) groups excluding carboxylic acids is 3. The Balaban J connectivity index is 2.19. The first kappa shape index (κ1) is 66.3. The zero-order valence-corrected chi connectivity index (χ0v) is 44.9. The van der Waals surface area contributed by atoms with Gasteiger partial charge in [-0.15, -0.1) is 0 Å². The van der Waals surface area contributed by atoms with Crippen molar-refractivity contribution in [1.29, 1.82) is 0 Å². The van der Waals surface area contributed by atoms with Gasteiger partial charge in [0.2, 0.25) is 17.2 Å². The number of esters is 1. The van der Waals surface area contributed by atoms with Crippen LogP contribution in [0, 0.1) is 0 Å². The minimum Gasteiger partial charge on any atom is -0.462 e. The van der Waals surface area contributed by atoms with Gasteiger partial charge in [0.25, 0.3) is 0 Å². The molecule has 424 valence electrons. The van der Waals surface area contributed by atoms with Crippen molar-refractivity contribution in [3.63, 3.8) is 0 Å². The van der Waals surface area contributed by atoms with E-state index < -0.39 is 117 Å². The summed E-state index contributed by atoms with van der Waals surface area (Å²) in [6, 6.07) is -3.78. The van der Waals surface area contributed by atoms with Crippen LogP contribution in [0.5, 0.6) is 0 Å². The molecular weight excluding hydrogens is 956 g/mol. The Hall–Kier alpha value is -1.84. The number of ether oxygens (including phenoxy) is 3. The van der Waals surface area contributed by atoms with Crippen LogP contribution >= 0.6 is 7.60 Å². The van der Waals surface area contributed by atoms with Crippen LogP contribution in [0.15, 0.2) is 0 Å². The van der Waals surface area contributed by atoms with Crippen molar-refractivity contribution in [2.24, 2.45) is 0 Å². The van der Waals surface area contributed by atoms with Gasteiger partial charge in [-0.2, -0.15) is 0 Å². The van der Waals surface area contributed by atoms with Gasteiger partial charge in [0.1, 0.15) is 54.9 Å². The molecule has 2 aliphatic heterocycles. The first-order valence-electron chi connectivity index (χ1n) is 27.9. The summed E-state index contributed by atoms with van der Waals surface area (Å²) < 4.78 is 29.8. The van der Waals surface area contributed by atoms with E-state index in [9.17, 15) is 69.6 Å². The summed E-state index contributed by atoms with van der Waals surface area (Å²) in [7, 11) is -5.84. The van der Waals surface area contributed by atoms with Crippen molar-refractivity contribution in [2.45, 2.75) is 305 Å². The zero-order chi connectivity index (χ0) is 53.5. The Morgan fingerprint density at radius 3 is 1.49 bits per heavy atom. The van der Waals surface area contributed by atoms with Gasteiger partial charge in [0.05, 0.1) is 31.6 Å². The number of aliphatic hydroxyl groups is 8. The molecule has 0 bridgehead atoms. The topological polar surface area (TPSA) is 322 Å². The summed E-state index contributed by atoms with van der Waals surface area (Å²) in [5.74, 6) is -2.23. The van der Waals surface area contributed by atoms with Crippen LogP contribution in [-0.4, -0.2) is 154 Å². The van der Waals surface area contributed by atoms with Crippen LogP contribution in [0.2, 0.25) is 0 Å². The summed E-state index contributed by atoms with van der Waals surface area (Å²) >= 11 is 0. The van der Waals surface area contributed by atoms with Crippen LogP contribution in [-0.2, 0) is 33.2 Å². The standard InChI is InChI=1S/C52H99N2O17P/c1-4-7-10-13-16-19-22-25-28-31-37(56)34-40(57)53-43-45(60)46(61)49(71-51(43)64)47(62)48-44(50(63)52(65,72(66,67)68)39(36-55)70-48)54-41(58)35-38(32-29-26-23-20-17-14-11-8-5-2)69-42(59)33-30-27-24-21-18-15-12-9-6-3/h37-39,43-51,55-56,60-65H,4-36H2,1-3H3,(H,53,57)(H,54,58)(H2,66,67,68)/t37?,38?,39-,43+,44-,45-,46+,47?,48-,49+,50-,51+,52+/m1/s1. The summed E-state index contributed by atoms with van der Waals surface area (Å²) in [4.78, 5) is 60.6. The van der Waals surface area contributed by atoms with Crippen LogP contribution in [0.4, 0.5) is 0 Å². The van der Waals surface area contributed by atoms with E-state index in [4.69, 9.17) is 14.2 Å². The highest BCUT2D eigenvalue weighted by atomic mass is 31.2. The van der Waals surface area contributed by atoms with E-state index in [2.05, 4.69) is 31.4 Å². The fourth-order valence-electron chi connectivity index (χ4n) is 9.94. The minimum absolute atomic E-state index is 0.125. The molecule has 0 aliphatic carbocycles. The van der Waals surface area contributed by atoms with Gasteiger partial charge in [-0.05, 0) is 25.7 Å². The molecule has 2 amide bonds. The third-order valence-electron chi connectivity index (χ3n) is 14.4. The Bertz CT molecular complexity index is 1510. The van der Waals surface area contributed by atoms with Gasteiger partial charge in [-0.3, -0.25) is 18.9 Å². The summed E-state index contributed by atoms with van der Waals surface area (Å²) in [6.07, 6.45) is 8.45. The maximum atomic E-state index is 13.9. The quantitative estimate of drug-likeness (QED) is 0.0203. The van der Waals surface area contributed by atoms with E-state index in [-0.39, 0.29) is 19.3 Å². The number of amides is 2. The molecule has 2 fully saturated rings. The predicted molar refractivity (Wildman–Crippen MR) is 272 cm³/mol. The van der Waals surface area contributed by atoms with Gasteiger partial charge in [0, 0.05) is 6.42 Å². The van der Waals surface area contributed by atoms with Crippen molar-refractivity contribution < 1.29 is 83.8 Å². The third kappa shape index (κ3) is 23.6. The van der Waals surface area contributed by atoms with E-state index in [1.807, 2.05) is 0 Å². The zero-order valence-electron chi connectivity index (χ0n) is 44.0. The molecule has 0 aromatic rings. The highest BCUT2D eigenvalue weighted by Crippen LogP contribution is 2.56. The van der Waals surface area contributed by atoms with Gasteiger partial charge < -0.3 is 75.5 Å². The average Bonchev–Trinajstić information content (AvgIpc) is 3.33. The molecule has 2 saturated heterocycles. The number of hydrogen-bond donors (Lipinski definition) is 12. The third-order valence-corrected chi connectivity index (χ3v) is 15.9. The lowest BCUT2D eigenvalue weighted by Crippen LogP contribution is -2.74. The maximum Gasteiger partial charge on any atom is 0.362 e. The molecule has 20 heteroatoms. The van der Waals surface area contributed by atoms with Gasteiger partial charge >= 0.3 is 13.6 Å². The van der Waals surface area contributed by atoms with E-state index in [1.54, 1.807) is 0 Å². The number of hydrogen-bond acceptors (Lipinski definition) is 15. The number of carbonyl (C=O) groups is 3. The largest absolute Gasteiger partial charge is 0.462 e. The first-order valence-corrected chi connectivity index (χ1v) is 29.5. The number of aliphatic hydroxyl groups excluding tert-OH is 7. The van der Waals surface area contributed by atoms with Crippen molar-refractivity contribution in [3.05, 3.63) is 0 Å². The molecular formula is C52H99N2O17P. The van der Waals surface area contributed by atoms with Gasteiger partial charge in [-0.1, -0.05) is 181 Å². The van der Waals surface area contributed by atoms with Crippen LogP contribution in [0.3, 0.4) is 0 Å². The Morgan fingerprint density at radius 1 is 0.583 bits per heavy atom. The maximum absolute atomic E-state index is 13.9. The molecule has 13 atom stereocenters. The summed E-state index contributed by atoms with van der Waals surface area (Å²) in [5, 5.41) is 90.0. The average molecular weight is 1060 g/mol. The van der Waals surface area contributed by atoms with Crippen LogP contribution in [0.25, 0.3) is 0 Å². The van der Waals surface area contributed by atoms with Gasteiger partial charge in [0.15, 0.2) is 6.29 Å². The molecule has 0 saturated carbocycles. The Kier molecular flexibility index (Phi) is 34.1. The first-order chi connectivity index (χ1) is 34.4. The van der Waals surface area contributed by atoms with Crippen molar-refractivity contribution in [3.8, 4) is 0 Å². The second-order valence-corrected chi connectivity index (χ2v) is 22.5. The molecule has 0 aromatic heterocycles. The normalized spacial score (nSPS) is 27.0. The van der Waals surface area contributed by atoms with E-state index in [1.165, 1.54) is 64.2 Å². The van der Waals surface area contributed by atoms with Crippen LogP contribution in [0.1, 0.15) is 226 Å². The lowest BCUT2D eigenvalue weighted by Gasteiger charge is -2.52. The van der Waals surface area contributed by atoms with Crippen LogP contribution < -0.4 is 10.6 Å². The molecule has 12 N–H and O–H groups in total. The molecule has 0 spiro atoms. The van der Waals surface area contributed by atoms with E-state index in [0.717, 1.165) is 89.9 Å². The fraction of sp³-hybridized carbons (Fsp3) is 0.942. The summed E-state index contributed by atoms with van der Waals surface area (Å²) in [5.41, 5.74) is 0. The highest BCUT2D eigenvalue weighted by molar-refractivity contribution is 7.53. The van der Waals surface area contributed by atoms with Crippen molar-refractivity contribution >= 4 is 25.4 Å². The smallest absolute Gasteiger partial charge is 0.362 e. The minimum atomic E-state index is -5.84. The molecule has 0 aromatic carbocycles. The lowest BCUT2D eigenvalue weighted by molar-refractivity contribution is -0.295. The Labute approximate surface area is 430 Å². The molecule has 2 heterocycles. The second kappa shape index (κ2) is 37.0.